The molecule has 0 fully saturated rings. The Morgan fingerprint density at radius 1 is 1.35 bits per heavy atom. The Bertz CT molecular complexity index is 901. The summed E-state index contributed by atoms with van der Waals surface area (Å²) < 4.78 is 6.57. The lowest BCUT2D eigenvalue weighted by Crippen LogP contribution is -2.09. The monoisotopic (exact) mass is 311 g/mol. The number of benzene rings is 1. The molecular weight excluding hydrogens is 298 g/mol. The Morgan fingerprint density at radius 3 is 2.91 bits per heavy atom. The molecule has 2 aromatic heterocycles. The number of carbonyl (C=O) groups is 2. The van der Waals surface area contributed by atoms with Crippen LogP contribution in [0.15, 0.2) is 36.5 Å². The number of aryl methyl sites for hydroxylation is 1. The van der Waals surface area contributed by atoms with Gasteiger partial charge in [0, 0.05) is 16.6 Å². The molecule has 3 aromatic rings. The van der Waals surface area contributed by atoms with Crippen LogP contribution in [0, 0.1) is 6.92 Å². The molecule has 3 rings (SSSR count). The Morgan fingerprint density at radius 2 is 2.17 bits per heavy atom. The van der Waals surface area contributed by atoms with E-state index >= 15 is 0 Å². The average molecular weight is 311 g/mol. The summed E-state index contributed by atoms with van der Waals surface area (Å²) in [7, 11) is 0. The number of hydrogen-bond donors (Lipinski definition) is 1. The fourth-order valence-electron chi connectivity index (χ4n) is 2.32. The highest BCUT2D eigenvalue weighted by atomic mass is 16.5. The van der Waals surface area contributed by atoms with Crippen molar-refractivity contribution in [3.05, 3.63) is 53.5 Å². The van der Waals surface area contributed by atoms with Gasteiger partial charge < -0.3 is 9.84 Å². The highest BCUT2D eigenvalue weighted by Gasteiger charge is 2.12. The van der Waals surface area contributed by atoms with Gasteiger partial charge in [0.1, 0.15) is 18.1 Å². The van der Waals surface area contributed by atoms with Crippen molar-refractivity contribution in [2.45, 2.75) is 13.5 Å². The molecule has 23 heavy (non-hydrogen) atoms. The van der Waals surface area contributed by atoms with Crippen molar-refractivity contribution in [3.8, 4) is 5.75 Å². The van der Waals surface area contributed by atoms with Crippen LogP contribution < -0.4 is 4.74 Å². The minimum atomic E-state index is -1.15. The number of ether oxygens (including phenoxy) is 1. The molecule has 0 bridgehead atoms. The minimum Gasteiger partial charge on any atom is -0.486 e. The number of hydrogen-bond acceptors (Lipinski definition) is 5. The maximum absolute atomic E-state index is 11.1. The fourth-order valence-corrected chi connectivity index (χ4v) is 2.32. The number of carboxylic acid groups (broad SMARTS) is 1. The van der Waals surface area contributed by atoms with E-state index in [-0.39, 0.29) is 12.3 Å². The van der Waals surface area contributed by atoms with E-state index in [0.29, 0.717) is 22.9 Å². The summed E-state index contributed by atoms with van der Waals surface area (Å²) in [5, 5.41) is 13.6. The molecule has 0 aliphatic carbocycles. The zero-order valence-electron chi connectivity index (χ0n) is 12.3. The van der Waals surface area contributed by atoms with Gasteiger partial charge >= 0.3 is 6.09 Å². The van der Waals surface area contributed by atoms with Crippen LogP contribution in [0.3, 0.4) is 0 Å². The molecule has 0 atom stereocenters. The molecule has 0 aliphatic rings. The van der Waals surface area contributed by atoms with Crippen LogP contribution >= 0.6 is 0 Å². The first-order valence-corrected chi connectivity index (χ1v) is 6.84. The van der Waals surface area contributed by atoms with Crippen LogP contribution in [-0.2, 0) is 6.61 Å². The van der Waals surface area contributed by atoms with Crippen molar-refractivity contribution in [1.82, 2.24) is 14.8 Å². The fraction of sp³-hybridized carbons (Fsp3) is 0.125. The van der Waals surface area contributed by atoms with Gasteiger partial charge in [-0.1, -0.05) is 12.1 Å². The molecule has 0 saturated carbocycles. The molecular formula is C16H13N3O4. The average Bonchev–Trinajstić information content (AvgIpc) is 2.98. The molecule has 2 heterocycles. The van der Waals surface area contributed by atoms with E-state index in [9.17, 15) is 9.59 Å². The van der Waals surface area contributed by atoms with Gasteiger partial charge in [-0.15, -0.1) is 0 Å². The maximum atomic E-state index is 11.1. The van der Waals surface area contributed by atoms with Gasteiger partial charge in [0.2, 0.25) is 0 Å². The van der Waals surface area contributed by atoms with Crippen LogP contribution in [0.5, 0.6) is 5.75 Å². The second-order valence-corrected chi connectivity index (χ2v) is 4.93. The number of pyridine rings is 1. The van der Waals surface area contributed by atoms with Crippen LogP contribution in [0.1, 0.15) is 21.7 Å². The van der Waals surface area contributed by atoms with Gasteiger partial charge in [-0.3, -0.25) is 4.79 Å². The summed E-state index contributed by atoms with van der Waals surface area (Å²) in [6.07, 6.45) is 0.978. The number of aldehydes is 1. The third kappa shape index (κ3) is 2.76. The Labute approximate surface area is 131 Å². The molecule has 0 saturated heterocycles. The SMILES string of the molecule is Cc1ccc(OCc2cccc3c2cnn3C(=O)O)c(C=O)n1. The molecule has 116 valence electrons. The summed E-state index contributed by atoms with van der Waals surface area (Å²) in [4.78, 5) is 26.3. The third-order valence-electron chi connectivity index (χ3n) is 3.41. The molecule has 7 nitrogen and oxygen atoms in total. The van der Waals surface area contributed by atoms with Gasteiger partial charge in [0.15, 0.2) is 6.29 Å². The van der Waals surface area contributed by atoms with E-state index in [2.05, 4.69) is 10.1 Å². The first-order chi connectivity index (χ1) is 11.1. The summed E-state index contributed by atoms with van der Waals surface area (Å²) in [6.45, 7) is 1.96. The van der Waals surface area contributed by atoms with Crippen molar-refractivity contribution in [1.29, 1.82) is 0 Å². The van der Waals surface area contributed by atoms with Crippen molar-refractivity contribution in [2.75, 3.05) is 0 Å². The normalized spacial score (nSPS) is 10.7. The summed E-state index contributed by atoms with van der Waals surface area (Å²) in [5.41, 5.74) is 2.21. The van der Waals surface area contributed by atoms with E-state index in [1.807, 2.05) is 6.07 Å². The van der Waals surface area contributed by atoms with Gasteiger partial charge in [-0.2, -0.15) is 9.78 Å². The minimum absolute atomic E-state index is 0.175. The summed E-state index contributed by atoms with van der Waals surface area (Å²) >= 11 is 0. The zero-order chi connectivity index (χ0) is 16.4. The number of fused-ring (bicyclic) bond motifs is 1. The Balaban J connectivity index is 1.91. The van der Waals surface area contributed by atoms with Crippen molar-refractivity contribution < 1.29 is 19.4 Å². The third-order valence-corrected chi connectivity index (χ3v) is 3.41. The standard InChI is InChI=1S/C16H13N3O4/c1-10-5-6-15(13(8-20)18-10)23-9-11-3-2-4-14-12(11)7-17-19(14)16(21)22/h2-8H,9H2,1H3,(H,21,22). The second kappa shape index (κ2) is 5.88. The summed E-state index contributed by atoms with van der Waals surface area (Å²) in [5.74, 6) is 0.383. The van der Waals surface area contributed by atoms with E-state index < -0.39 is 6.09 Å². The molecule has 0 amide bonds. The highest BCUT2D eigenvalue weighted by Crippen LogP contribution is 2.22. The molecule has 7 heteroatoms. The lowest BCUT2D eigenvalue weighted by molar-refractivity contribution is 0.111. The van der Waals surface area contributed by atoms with Crippen LogP contribution in [0.4, 0.5) is 4.79 Å². The number of nitrogens with zero attached hydrogens (tertiary/aromatic N) is 3. The zero-order valence-corrected chi connectivity index (χ0v) is 12.3. The van der Waals surface area contributed by atoms with E-state index in [1.165, 1.54) is 6.20 Å². The van der Waals surface area contributed by atoms with Gasteiger partial charge in [-0.25, -0.2) is 9.78 Å². The van der Waals surface area contributed by atoms with E-state index in [4.69, 9.17) is 9.84 Å². The lowest BCUT2D eigenvalue weighted by Gasteiger charge is -2.09. The van der Waals surface area contributed by atoms with E-state index in [1.54, 1.807) is 31.2 Å². The molecule has 1 aromatic carbocycles. The first kappa shape index (κ1) is 14.7. The lowest BCUT2D eigenvalue weighted by atomic mass is 10.1. The quantitative estimate of drug-likeness (QED) is 0.744. The predicted octanol–water partition coefficient (Wildman–Crippen LogP) is 2.66. The van der Waals surface area contributed by atoms with Crippen LogP contribution in [-0.4, -0.2) is 32.3 Å². The maximum Gasteiger partial charge on any atom is 0.432 e. The largest absolute Gasteiger partial charge is 0.486 e. The molecule has 0 spiro atoms. The number of rotatable bonds is 4. The van der Waals surface area contributed by atoms with Gasteiger partial charge in [0.25, 0.3) is 0 Å². The van der Waals surface area contributed by atoms with Gasteiger partial charge in [-0.05, 0) is 25.1 Å². The topological polar surface area (TPSA) is 94.3 Å². The predicted molar refractivity (Wildman–Crippen MR) is 81.8 cm³/mol. The number of carbonyl (C=O) groups excluding carboxylic acids is 1. The molecule has 0 unspecified atom stereocenters. The van der Waals surface area contributed by atoms with E-state index in [0.717, 1.165) is 15.9 Å². The highest BCUT2D eigenvalue weighted by molar-refractivity contribution is 5.89. The molecule has 0 radical (unpaired) electrons. The van der Waals surface area contributed by atoms with Crippen LogP contribution in [0.25, 0.3) is 10.9 Å². The van der Waals surface area contributed by atoms with Crippen LogP contribution in [0.2, 0.25) is 0 Å². The van der Waals surface area contributed by atoms with Crippen molar-refractivity contribution in [3.63, 3.8) is 0 Å². The Kier molecular flexibility index (Phi) is 3.76. The summed E-state index contributed by atoms with van der Waals surface area (Å²) in [6, 6.07) is 8.66. The van der Waals surface area contributed by atoms with Gasteiger partial charge in [0.05, 0.1) is 11.7 Å². The smallest absolute Gasteiger partial charge is 0.432 e. The van der Waals surface area contributed by atoms with Crippen molar-refractivity contribution >= 4 is 23.3 Å². The molecule has 0 aliphatic heterocycles. The Hall–Kier alpha value is -3.22. The molecule has 1 N–H and O–H groups in total. The van der Waals surface area contributed by atoms with Crippen molar-refractivity contribution in [2.24, 2.45) is 0 Å². The first-order valence-electron chi connectivity index (χ1n) is 6.84. The second-order valence-electron chi connectivity index (χ2n) is 4.93. The number of aromatic nitrogens is 3.